The standard InChI is InChI=1S/C37H39F6N3O5.Na/c1-22(2)25-8-11-33(49-5)32(16-25)31-10-9-29(51-23(3)4)15-26(31)21-46(35-44-18-30(19-45-35)50-12-6-7-34(47)48)20-24-13-27(36(38,39)40)17-28(14-24)37(41,42)43;/h8-11,13-19,22-23H,6-7,12,20-21H2,1-5H3,(H,47,48);/q;+1/p-1. The van der Waals surface area contributed by atoms with Crippen molar-refractivity contribution in [2.24, 2.45) is 0 Å². The Morgan fingerprint density at radius 2 is 1.46 bits per heavy atom. The van der Waals surface area contributed by atoms with Crippen LogP contribution in [0.15, 0.2) is 67.0 Å². The van der Waals surface area contributed by atoms with Gasteiger partial charge in [0.05, 0.1) is 43.3 Å². The maximum atomic E-state index is 13.8. The van der Waals surface area contributed by atoms with Crippen molar-refractivity contribution in [3.8, 4) is 28.4 Å². The maximum Gasteiger partial charge on any atom is 1.00 e. The van der Waals surface area contributed by atoms with E-state index < -0.39 is 36.0 Å². The fourth-order valence-electron chi connectivity index (χ4n) is 5.29. The minimum absolute atomic E-state index is 0. The number of hydrogen-bond donors (Lipinski definition) is 0. The molecule has 1 heterocycles. The second kappa shape index (κ2) is 18.2. The summed E-state index contributed by atoms with van der Waals surface area (Å²) in [7, 11) is 1.53. The number of hydrogen-bond acceptors (Lipinski definition) is 8. The SMILES string of the molecule is COc1ccc(C(C)C)cc1-c1ccc(OC(C)C)cc1CN(Cc1cc(C(F)(F)F)cc(C(F)(F)F)c1)c1ncc(OCCCC(=O)[O-])cn1.[Na+]. The normalized spacial score (nSPS) is 11.7. The molecule has 0 saturated heterocycles. The van der Waals surface area contributed by atoms with Gasteiger partial charge in [-0.15, -0.1) is 0 Å². The number of alkyl halides is 6. The molecule has 0 aliphatic heterocycles. The summed E-state index contributed by atoms with van der Waals surface area (Å²) in [5.41, 5.74) is -0.162. The van der Waals surface area contributed by atoms with Crippen molar-refractivity contribution >= 4 is 11.9 Å². The van der Waals surface area contributed by atoms with Crippen LogP contribution in [-0.2, 0) is 30.2 Å². The molecule has 15 heteroatoms. The Labute approximate surface area is 320 Å². The molecule has 1 aromatic heterocycles. The number of rotatable bonds is 15. The zero-order valence-electron chi connectivity index (χ0n) is 29.7. The van der Waals surface area contributed by atoms with E-state index in [0.717, 1.165) is 11.1 Å². The molecule has 0 N–H and O–H groups in total. The predicted molar refractivity (Wildman–Crippen MR) is 176 cm³/mol. The number of methoxy groups -OCH3 is 1. The third kappa shape index (κ3) is 11.8. The summed E-state index contributed by atoms with van der Waals surface area (Å²) in [5, 5.41) is 10.7. The number of carboxylic acids is 1. The van der Waals surface area contributed by atoms with Gasteiger partial charge in [-0.1, -0.05) is 26.0 Å². The molecule has 0 spiro atoms. The van der Waals surface area contributed by atoms with Crippen molar-refractivity contribution in [1.82, 2.24) is 9.97 Å². The van der Waals surface area contributed by atoms with Crippen LogP contribution in [0.5, 0.6) is 17.2 Å². The number of benzene rings is 3. The van der Waals surface area contributed by atoms with Crippen LogP contribution in [0.25, 0.3) is 11.1 Å². The summed E-state index contributed by atoms with van der Waals surface area (Å²) in [6, 6.07) is 12.5. The van der Waals surface area contributed by atoms with Crippen LogP contribution in [0.4, 0.5) is 32.3 Å². The molecule has 0 bridgehead atoms. The van der Waals surface area contributed by atoms with Gasteiger partial charge in [0.2, 0.25) is 5.95 Å². The Hall–Kier alpha value is -4.01. The van der Waals surface area contributed by atoms with Crippen LogP contribution >= 0.6 is 0 Å². The van der Waals surface area contributed by atoms with Crippen LogP contribution in [-0.4, -0.2) is 35.8 Å². The van der Waals surface area contributed by atoms with Crippen molar-refractivity contribution in [3.63, 3.8) is 0 Å². The Bertz CT molecular complexity index is 1770. The molecular formula is C37H38F6N3NaO5. The molecule has 0 aliphatic carbocycles. The van der Waals surface area contributed by atoms with Gasteiger partial charge in [-0.25, -0.2) is 9.97 Å². The van der Waals surface area contributed by atoms with Gasteiger partial charge >= 0.3 is 41.9 Å². The van der Waals surface area contributed by atoms with Crippen molar-refractivity contribution in [3.05, 3.63) is 94.8 Å². The molecule has 274 valence electrons. The largest absolute Gasteiger partial charge is 1.00 e. The van der Waals surface area contributed by atoms with Crippen LogP contribution in [0, 0.1) is 0 Å². The van der Waals surface area contributed by atoms with Crippen LogP contribution < -0.4 is 53.8 Å². The zero-order chi connectivity index (χ0) is 37.5. The molecule has 0 fully saturated rings. The Balaban J connectivity index is 0.00000729. The van der Waals surface area contributed by atoms with Crippen molar-refractivity contribution in [2.45, 2.75) is 78.0 Å². The van der Waals surface area contributed by atoms with Crippen LogP contribution in [0.2, 0.25) is 0 Å². The quantitative estimate of drug-likeness (QED) is 0.0931. The molecule has 0 saturated carbocycles. The summed E-state index contributed by atoms with van der Waals surface area (Å²) in [6.45, 7) is 7.25. The third-order valence-electron chi connectivity index (χ3n) is 7.70. The van der Waals surface area contributed by atoms with Gasteiger partial charge in [-0.3, -0.25) is 0 Å². The maximum absolute atomic E-state index is 13.8. The first-order chi connectivity index (χ1) is 23.9. The molecule has 4 rings (SSSR count). The Kier molecular flexibility index (Phi) is 14.8. The molecule has 0 unspecified atom stereocenters. The number of aromatic nitrogens is 2. The van der Waals surface area contributed by atoms with Crippen molar-refractivity contribution in [2.75, 3.05) is 18.6 Å². The van der Waals surface area contributed by atoms with E-state index in [1.54, 1.807) is 12.1 Å². The Morgan fingerprint density at radius 3 is 2.00 bits per heavy atom. The molecule has 0 radical (unpaired) electrons. The minimum Gasteiger partial charge on any atom is -0.550 e. The van der Waals surface area contributed by atoms with E-state index in [-0.39, 0.29) is 90.9 Å². The van der Waals surface area contributed by atoms with Gasteiger partial charge in [0.25, 0.3) is 0 Å². The molecule has 52 heavy (non-hydrogen) atoms. The number of carboxylic acid groups (broad SMARTS) is 1. The first-order valence-corrected chi connectivity index (χ1v) is 16.1. The number of ether oxygens (including phenoxy) is 3. The summed E-state index contributed by atoms with van der Waals surface area (Å²) in [4.78, 5) is 20.8. The fourth-order valence-corrected chi connectivity index (χ4v) is 5.29. The van der Waals surface area contributed by atoms with Crippen LogP contribution in [0.1, 0.15) is 74.3 Å². The first kappa shape index (κ1) is 42.4. The summed E-state index contributed by atoms with van der Waals surface area (Å²) in [6.07, 6.45) is -7.78. The van der Waals surface area contributed by atoms with E-state index in [9.17, 15) is 36.2 Å². The van der Waals surface area contributed by atoms with Gasteiger partial charge < -0.3 is 29.0 Å². The first-order valence-electron chi connectivity index (χ1n) is 16.1. The average molecular weight is 742 g/mol. The third-order valence-corrected chi connectivity index (χ3v) is 7.70. The van der Waals surface area contributed by atoms with E-state index in [0.29, 0.717) is 34.8 Å². The molecule has 3 aromatic carbocycles. The monoisotopic (exact) mass is 741 g/mol. The summed E-state index contributed by atoms with van der Waals surface area (Å²) >= 11 is 0. The summed E-state index contributed by atoms with van der Waals surface area (Å²) < 4.78 is 100. The van der Waals surface area contributed by atoms with Gasteiger partial charge in [0.15, 0.2) is 5.75 Å². The number of aliphatic carboxylic acids is 1. The number of carbonyl (C=O) groups excluding carboxylic acids is 1. The second-order valence-corrected chi connectivity index (χ2v) is 12.4. The summed E-state index contributed by atoms with van der Waals surface area (Å²) in [5.74, 6) is 0.124. The number of halogens is 6. The Morgan fingerprint density at radius 1 is 0.827 bits per heavy atom. The van der Waals surface area contributed by atoms with E-state index in [1.807, 2.05) is 52.0 Å². The van der Waals surface area contributed by atoms with Gasteiger partial charge in [0, 0.05) is 24.6 Å². The van der Waals surface area contributed by atoms with Gasteiger partial charge in [-0.05, 0) is 97.3 Å². The molecule has 0 atom stereocenters. The number of nitrogens with zero attached hydrogens (tertiary/aromatic N) is 3. The number of anilines is 1. The van der Waals surface area contributed by atoms with Crippen LogP contribution in [0.3, 0.4) is 0 Å². The van der Waals surface area contributed by atoms with E-state index in [4.69, 9.17) is 14.2 Å². The second-order valence-electron chi connectivity index (χ2n) is 12.4. The predicted octanol–water partition coefficient (Wildman–Crippen LogP) is 5.22. The minimum atomic E-state index is -5.04. The van der Waals surface area contributed by atoms with Gasteiger partial charge in [0.1, 0.15) is 11.5 Å². The molecule has 0 amide bonds. The molecule has 0 aliphatic rings. The molecular weight excluding hydrogens is 703 g/mol. The molecule has 4 aromatic rings. The number of carbonyl (C=O) groups is 1. The fraction of sp³-hybridized carbons (Fsp3) is 0.378. The topological polar surface area (TPSA) is 96.8 Å². The van der Waals surface area contributed by atoms with Gasteiger partial charge in [-0.2, -0.15) is 26.3 Å². The van der Waals surface area contributed by atoms with E-state index >= 15 is 0 Å². The van der Waals surface area contributed by atoms with Crippen molar-refractivity contribution in [1.29, 1.82) is 0 Å². The van der Waals surface area contributed by atoms with Crippen molar-refractivity contribution < 1.29 is 80.0 Å². The van der Waals surface area contributed by atoms with E-state index in [1.165, 1.54) is 24.4 Å². The smallest absolute Gasteiger partial charge is 0.550 e. The zero-order valence-corrected chi connectivity index (χ0v) is 31.7. The average Bonchev–Trinajstić information content (AvgIpc) is 3.05. The van der Waals surface area contributed by atoms with E-state index in [2.05, 4.69) is 9.97 Å². The molecule has 8 nitrogen and oxygen atoms in total.